The molecule has 4 nitrogen and oxygen atoms in total. The summed E-state index contributed by atoms with van der Waals surface area (Å²) >= 11 is 5.82. The number of fused-ring (bicyclic) bond motifs is 1. The number of halogens is 1. The van der Waals surface area contributed by atoms with Crippen LogP contribution < -0.4 is 0 Å². The number of oxazole rings is 1. The van der Waals surface area contributed by atoms with E-state index >= 15 is 0 Å². The molecule has 0 saturated heterocycles. The molecule has 0 saturated carbocycles. The van der Waals surface area contributed by atoms with Gasteiger partial charge in [-0.15, -0.1) is 0 Å². The molecule has 2 aromatic rings. The number of ketones is 1. The van der Waals surface area contributed by atoms with Crippen molar-refractivity contribution < 1.29 is 14.3 Å². The van der Waals surface area contributed by atoms with E-state index in [4.69, 9.17) is 16.0 Å². The average molecular weight is 252 g/mol. The number of aromatic nitrogens is 1. The van der Waals surface area contributed by atoms with Crippen LogP contribution in [0.5, 0.6) is 0 Å². The van der Waals surface area contributed by atoms with Crippen LogP contribution in [0.4, 0.5) is 0 Å². The highest BCUT2D eigenvalue weighted by atomic mass is 35.5. The molecule has 5 heteroatoms. The molecule has 17 heavy (non-hydrogen) atoms. The van der Waals surface area contributed by atoms with E-state index in [1.807, 2.05) is 0 Å². The van der Waals surface area contributed by atoms with Crippen LogP contribution >= 0.6 is 11.6 Å². The van der Waals surface area contributed by atoms with Gasteiger partial charge >= 0.3 is 0 Å². The number of carbonyl (C=O) groups is 1. The van der Waals surface area contributed by atoms with Crippen LogP contribution in [0, 0.1) is 0 Å². The van der Waals surface area contributed by atoms with Crippen LogP contribution in [0.1, 0.15) is 19.7 Å². The minimum Gasteiger partial charge on any atom is -0.512 e. The Hall–Kier alpha value is -1.81. The molecule has 1 aromatic heterocycles. The lowest BCUT2D eigenvalue weighted by atomic mass is 10.1. The fourth-order valence-corrected chi connectivity index (χ4v) is 1.73. The summed E-state index contributed by atoms with van der Waals surface area (Å²) in [5.74, 6) is -0.312. The predicted molar refractivity (Wildman–Crippen MR) is 64.9 cm³/mol. The number of hydrogen-bond acceptors (Lipinski definition) is 4. The van der Waals surface area contributed by atoms with Gasteiger partial charge < -0.3 is 9.52 Å². The molecule has 1 heterocycles. The Bertz CT molecular complexity index is 624. The van der Waals surface area contributed by atoms with E-state index in [1.165, 1.54) is 13.8 Å². The molecule has 0 bridgehead atoms. The quantitative estimate of drug-likeness (QED) is 0.657. The van der Waals surface area contributed by atoms with E-state index in [2.05, 4.69) is 4.98 Å². The molecular weight excluding hydrogens is 242 g/mol. The zero-order chi connectivity index (χ0) is 12.6. The lowest BCUT2D eigenvalue weighted by Gasteiger charge is -1.98. The maximum absolute atomic E-state index is 11.4. The molecule has 0 atom stereocenters. The number of nitrogens with zero attached hydrogens (tertiary/aromatic N) is 1. The van der Waals surface area contributed by atoms with Crippen molar-refractivity contribution in [2.45, 2.75) is 13.8 Å². The minimum absolute atomic E-state index is 0.0809. The number of benzene rings is 1. The summed E-state index contributed by atoms with van der Waals surface area (Å²) in [7, 11) is 0. The van der Waals surface area contributed by atoms with Gasteiger partial charge in [0.05, 0.1) is 0 Å². The van der Waals surface area contributed by atoms with E-state index in [0.717, 1.165) is 0 Å². The minimum atomic E-state index is -0.303. The predicted octanol–water partition coefficient (Wildman–Crippen LogP) is 3.36. The van der Waals surface area contributed by atoms with Crippen LogP contribution in [0.15, 0.2) is 28.4 Å². The molecule has 0 aliphatic rings. The first-order valence-corrected chi connectivity index (χ1v) is 5.34. The molecule has 0 spiro atoms. The molecule has 0 fully saturated rings. The van der Waals surface area contributed by atoms with Crippen LogP contribution in [-0.4, -0.2) is 15.9 Å². The van der Waals surface area contributed by atoms with Crippen LogP contribution in [0.3, 0.4) is 0 Å². The summed E-state index contributed by atoms with van der Waals surface area (Å²) in [5.41, 5.74) is 1.15. The third-order valence-corrected chi connectivity index (χ3v) is 2.51. The van der Waals surface area contributed by atoms with E-state index in [-0.39, 0.29) is 23.0 Å². The molecule has 1 aromatic carbocycles. The van der Waals surface area contributed by atoms with Gasteiger partial charge in [-0.25, -0.2) is 4.98 Å². The van der Waals surface area contributed by atoms with Crippen molar-refractivity contribution in [1.82, 2.24) is 4.98 Å². The summed E-state index contributed by atoms with van der Waals surface area (Å²) in [4.78, 5) is 15.5. The number of carbonyl (C=O) groups excluding carboxylic acids is 1. The van der Waals surface area contributed by atoms with Gasteiger partial charge in [-0.3, -0.25) is 4.79 Å². The smallest absolute Gasteiger partial charge is 0.234 e. The summed E-state index contributed by atoms with van der Waals surface area (Å²) in [6.45, 7) is 2.76. The van der Waals surface area contributed by atoms with Crippen molar-refractivity contribution in [2.75, 3.05) is 0 Å². The summed E-state index contributed by atoms with van der Waals surface area (Å²) in [6, 6.07) is 4.97. The molecule has 0 amide bonds. The van der Waals surface area contributed by atoms with E-state index in [0.29, 0.717) is 16.1 Å². The van der Waals surface area contributed by atoms with Gasteiger partial charge in [0.1, 0.15) is 16.8 Å². The lowest BCUT2D eigenvalue weighted by molar-refractivity contribution is -0.112. The van der Waals surface area contributed by atoms with Crippen LogP contribution in [-0.2, 0) is 4.79 Å². The van der Waals surface area contributed by atoms with Crippen molar-refractivity contribution in [3.63, 3.8) is 0 Å². The van der Waals surface area contributed by atoms with Gasteiger partial charge in [0, 0.05) is 5.02 Å². The van der Waals surface area contributed by atoms with Crippen molar-refractivity contribution in [3.05, 3.63) is 34.9 Å². The van der Waals surface area contributed by atoms with Gasteiger partial charge in [0.25, 0.3) is 0 Å². The Morgan fingerprint density at radius 3 is 2.71 bits per heavy atom. The summed E-state index contributed by atoms with van der Waals surface area (Å²) < 4.78 is 5.40. The molecule has 0 unspecified atom stereocenters. The fraction of sp³-hybridized carbons (Fsp3) is 0.167. The first-order valence-electron chi connectivity index (χ1n) is 4.96. The molecule has 0 aliphatic carbocycles. The first kappa shape index (κ1) is 11.7. The Labute approximate surface area is 103 Å². The molecular formula is C12H10ClNO3. The number of allylic oxidation sites excluding steroid dienone is 2. The van der Waals surface area contributed by atoms with Crippen molar-refractivity contribution >= 4 is 34.1 Å². The number of aliphatic hydroxyl groups is 1. The van der Waals surface area contributed by atoms with Gasteiger partial charge in [-0.05, 0) is 32.0 Å². The number of aliphatic hydroxyl groups excluding tert-OH is 1. The van der Waals surface area contributed by atoms with Gasteiger partial charge in [-0.1, -0.05) is 11.6 Å². The zero-order valence-corrected chi connectivity index (χ0v) is 10.1. The fourth-order valence-electron chi connectivity index (χ4n) is 1.57. The lowest BCUT2D eigenvalue weighted by Crippen LogP contribution is -1.99. The monoisotopic (exact) mass is 251 g/mol. The van der Waals surface area contributed by atoms with Crippen molar-refractivity contribution in [2.24, 2.45) is 0 Å². The average Bonchev–Trinajstić information content (AvgIpc) is 2.58. The topological polar surface area (TPSA) is 63.3 Å². The highest BCUT2D eigenvalue weighted by Gasteiger charge is 2.18. The normalized spacial score (nSPS) is 12.6. The molecule has 0 aliphatic heterocycles. The maximum Gasteiger partial charge on any atom is 0.234 e. The highest BCUT2D eigenvalue weighted by molar-refractivity contribution is 6.31. The Kier molecular flexibility index (Phi) is 2.90. The number of Topliss-reactive ketones (excluding diaryl/α,β-unsaturated/α-hetero) is 1. The Morgan fingerprint density at radius 2 is 2.12 bits per heavy atom. The summed E-state index contributed by atoms with van der Waals surface area (Å²) in [6.07, 6.45) is 0. The van der Waals surface area contributed by atoms with Gasteiger partial charge in [-0.2, -0.15) is 0 Å². The van der Waals surface area contributed by atoms with Crippen molar-refractivity contribution in [3.8, 4) is 0 Å². The molecule has 0 radical (unpaired) electrons. The van der Waals surface area contributed by atoms with Gasteiger partial charge in [0.2, 0.25) is 5.89 Å². The van der Waals surface area contributed by atoms with Crippen LogP contribution in [0.25, 0.3) is 16.7 Å². The zero-order valence-electron chi connectivity index (χ0n) is 9.32. The SMILES string of the molecule is CC(=O)/C(=C(/C)O)c1nc2cc(Cl)ccc2o1. The molecule has 1 N–H and O–H groups in total. The molecule has 88 valence electrons. The third-order valence-electron chi connectivity index (χ3n) is 2.28. The highest BCUT2D eigenvalue weighted by Crippen LogP contribution is 2.25. The van der Waals surface area contributed by atoms with Crippen molar-refractivity contribution in [1.29, 1.82) is 0 Å². The summed E-state index contributed by atoms with van der Waals surface area (Å²) in [5, 5.41) is 9.98. The van der Waals surface area contributed by atoms with E-state index in [9.17, 15) is 9.90 Å². The molecule has 2 rings (SSSR count). The van der Waals surface area contributed by atoms with E-state index in [1.54, 1.807) is 18.2 Å². The van der Waals surface area contributed by atoms with Gasteiger partial charge in [0.15, 0.2) is 11.4 Å². The first-order chi connectivity index (χ1) is 7.99. The Balaban J connectivity index is 2.64. The second kappa shape index (κ2) is 4.22. The largest absolute Gasteiger partial charge is 0.512 e. The number of hydrogen-bond donors (Lipinski definition) is 1. The standard InChI is InChI=1S/C12H10ClNO3/c1-6(15)11(7(2)16)12-14-9-5-8(13)3-4-10(9)17-12/h3-5,15H,1-2H3/b11-6+. The number of rotatable bonds is 2. The second-order valence-corrected chi connectivity index (χ2v) is 4.08. The Morgan fingerprint density at radius 1 is 1.41 bits per heavy atom. The second-order valence-electron chi connectivity index (χ2n) is 3.65. The van der Waals surface area contributed by atoms with Crippen LogP contribution in [0.2, 0.25) is 5.02 Å². The maximum atomic E-state index is 11.4. The third kappa shape index (κ3) is 2.17. The van der Waals surface area contributed by atoms with E-state index < -0.39 is 0 Å².